The average Bonchev–Trinajstić information content (AvgIpc) is 2.23. The van der Waals surface area contributed by atoms with Gasteiger partial charge < -0.3 is 10.5 Å². The minimum atomic E-state index is 0.409. The number of azide groups is 1. The van der Waals surface area contributed by atoms with Crippen LogP contribution in [-0.2, 0) is 0 Å². The molecule has 0 saturated heterocycles. The monoisotopic (exact) mass is 206 g/mol. The van der Waals surface area contributed by atoms with Gasteiger partial charge in [0.05, 0.1) is 12.3 Å². The van der Waals surface area contributed by atoms with E-state index in [9.17, 15) is 0 Å². The first-order valence-electron chi connectivity index (χ1n) is 4.85. The van der Waals surface area contributed by atoms with Crippen molar-refractivity contribution in [1.29, 1.82) is 0 Å². The largest absolute Gasteiger partial charge is 0.494 e. The van der Waals surface area contributed by atoms with Crippen LogP contribution in [0.5, 0.6) is 5.75 Å². The number of nitrogen functional groups attached to an aromatic ring is 1. The number of hydrogen-bond donors (Lipinski definition) is 1. The summed E-state index contributed by atoms with van der Waals surface area (Å²) < 4.78 is 5.45. The van der Waals surface area contributed by atoms with Crippen molar-refractivity contribution in [3.8, 4) is 5.75 Å². The van der Waals surface area contributed by atoms with E-state index >= 15 is 0 Å². The summed E-state index contributed by atoms with van der Waals surface area (Å²) in [6.07, 6.45) is 2.08. The van der Waals surface area contributed by atoms with E-state index in [0.717, 1.165) is 12.8 Å². The summed E-state index contributed by atoms with van der Waals surface area (Å²) in [4.78, 5) is 2.69. The van der Waals surface area contributed by atoms with Gasteiger partial charge in [0.25, 0.3) is 0 Å². The summed E-state index contributed by atoms with van der Waals surface area (Å²) in [5, 5.41) is 3.47. The van der Waals surface area contributed by atoms with Crippen molar-refractivity contribution in [2.24, 2.45) is 5.11 Å². The van der Waals surface area contributed by atoms with E-state index in [2.05, 4.69) is 16.9 Å². The van der Waals surface area contributed by atoms with Crippen molar-refractivity contribution in [2.45, 2.75) is 19.8 Å². The Bertz CT molecular complexity index is 372. The number of ether oxygens (including phenoxy) is 1. The molecule has 0 aromatic heterocycles. The van der Waals surface area contributed by atoms with Crippen molar-refractivity contribution in [3.63, 3.8) is 0 Å². The normalized spacial score (nSPS) is 9.40. The van der Waals surface area contributed by atoms with Gasteiger partial charge in [-0.2, -0.15) is 0 Å². The number of nitrogens with zero attached hydrogens (tertiary/aromatic N) is 3. The van der Waals surface area contributed by atoms with Crippen molar-refractivity contribution >= 4 is 11.4 Å². The fraction of sp³-hybridized carbons (Fsp3) is 0.400. The number of nitrogens with two attached hydrogens (primary N) is 1. The molecule has 0 aliphatic heterocycles. The molecular weight excluding hydrogens is 192 g/mol. The number of unbranched alkanes of at least 4 members (excludes halogenated alkanes) is 1. The molecule has 0 atom stereocenters. The lowest BCUT2D eigenvalue weighted by Crippen LogP contribution is -1.96. The van der Waals surface area contributed by atoms with E-state index < -0.39 is 0 Å². The molecule has 1 rings (SSSR count). The van der Waals surface area contributed by atoms with Crippen LogP contribution in [0.4, 0.5) is 11.4 Å². The lowest BCUT2D eigenvalue weighted by molar-refractivity contribution is 0.309. The molecule has 0 aliphatic rings. The third-order valence-corrected chi connectivity index (χ3v) is 1.92. The molecule has 0 heterocycles. The lowest BCUT2D eigenvalue weighted by Gasteiger charge is -2.06. The second-order valence-electron chi connectivity index (χ2n) is 3.11. The van der Waals surface area contributed by atoms with E-state index in [4.69, 9.17) is 16.0 Å². The molecule has 0 aliphatic carbocycles. The topological polar surface area (TPSA) is 84.0 Å². The lowest BCUT2D eigenvalue weighted by atomic mass is 10.2. The molecule has 1 aromatic rings. The number of rotatable bonds is 5. The minimum Gasteiger partial charge on any atom is -0.494 e. The summed E-state index contributed by atoms with van der Waals surface area (Å²) in [5.74, 6) is 0.681. The molecule has 2 N–H and O–H groups in total. The van der Waals surface area contributed by atoms with Gasteiger partial charge in [0.2, 0.25) is 0 Å². The average molecular weight is 206 g/mol. The van der Waals surface area contributed by atoms with Gasteiger partial charge in [0.1, 0.15) is 5.75 Å². The van der Waals surface area contributed by atoms with Crippen LogP contribution in [0.3, 0.4) is 0 Å². The second-order valence-corrected chi connectivity index (χ2v) is 3.11. The summed E-state index contributed by atoms with van der Waals surface area (Å²) >= 11 is 0. The van der Waals surface area contributed by atoms with Gasteiger partial charge in [-0.3, -0.25) is 0 Å². The first-order chi connectivity index (χ1) is 7.27. The van der Waals surface area contributed by atoms with Crippen LogP contribution in [0.1, 0.15) is 19.8 Å². The SMILES string of the molecule is CCCCOc1ccc(N)c(N=[N+]=[N-])c1. The molecule has 0 radical (unpaired) electrons. The quantitative estimate of drug-likeness (QED) is 0.263. The van der Waals surface area contributed by atoms with Crippen LogP contribution in [0.15, 0.2) is 23.3 Å². The molecule has 5 heteroatoms. The van der Waals surface area contributed by atoms with Crippen LogP contribution in [0.25, 0.3) is 10.4 Å². The molecule has 15 heavy (non-hydrogen) atoms. The fourth-order valence-corrected chi connectivity index (χ4v) is 1.08. The highest BCUT2D eigenvalue weighted by molar-refractivity contribution is 5.64. The third-order valence-electron chi connectivity index (χ3n) is 1.92. The maximum Gasteiger partial charge on any atom is 0.119 e. The van der Waals surface area contributed by atoms with Crippen molar-refractivity contribution < 1.29 is 4.74 Å². The second kappa shape index (κ2) is 5.78. The highest BCUT2D eigenvalue weighted by Gasteiger charge is 1.99. The van der Waals surface area contributed by atoms with Gasteiger partial charge in [0.15, 0.2) is 0 Å². The predicted molar refractivity (Wildman–Crippen MR) is 60.1 cm³/mol. The zero-order chi connectivity index (χ0) is 11.1. The molecule has 1 aromatic carbocycles. The van der Waals surface area contributed by atoms with Crippen molar-refractivity contribution in [3.05, 3.63) is 28.6 Å². The molecule has 0 spiro atoms. The van der Waals surface area contributed by atoms with Crippen molar-refractivity contribution in [1.82, 2.24) is 0 Å². The van der Waals surface area contributed by atoms with Gasteiger partial charge in [-0.15, -0.1) is 0 Å². The summed E-state index contributed by atoms with van der Waals surface area (Å²) in [7, 11) is 0. The Kier molecular flexibility index (Phi) is 4.31. The van der Waals surface area contributed by atoms with Gasteiger partial charge in [-0.05, 0) is 30.2 Å². The van der Waals surface area contributed by atoms with Crippen LogP contribution in [0, 0.1) is 0 Å². The molecule has 0 fully saturated rings. The molecule has 0 amide bonds. The highest BCUT2D eigenvalue weighted by atomic mass is 16.5. The Morgan fingerprint density at radius 3 is 3.00 bits per heavy atom. The summed E-state index contributed by atoms with van der Waals surface area (Å²) in [6, 6.07) is 5.08. The molecule has 0 bridgehead atoms. The van der Waals surface area contributed by atoms with Gasteiger partial charge in [-0.1, -0.05) is 18.5 Å². The zero-order valence-electron chi connectivity index (χ0n) is 8.68. The number of hydrogen-bond acceptors (Lipinski definition) is 3. The summed E-state index contributed by atoms with van der Waals surface area (Å²) in [5.41, 5.74) is 14.8. The van der Waals surface area contributed by atoms with E-state index in [-0.39, 0.29) is 0 Å². The Hall–Kier alpha value is -1.87. The third kappa shape index (κ3) is 3.40. The molecule has 5 nitrogen and oxygen atoms in total. The van der Waals surface area contributed by atoms with Gasteiger partial charge in [0, 0.05) is 10.6 Å². The molecule has 0 unspecified atom stereocenters. The first-order valence-corrected chi connectivity index (χ1v) is 4.85. The number of anilines is 1. The zero-order valence-corrected chi connectivity index (χ0v) is 8.68. The predicted octanol–water partition coefficient (Wildman–Crippen LogP) is 3.39. The standard InChI is InChI=1S/C10H14N4O/c1-2-3-6-15-8-4-5-9(11)10(7-8)13-14-12/h4-5,7H,2-3,6,11H2,1H3. The Labute approximate surface area is 88.5 Å². The highest BCUT2D eigenvalue weighted by Crippen LogP contribution is 2.27. The fourth-order valence-electron chi connectivity index (χ4n) is 1.08. The first kappa shape index (κ1) is 11.2. The van der Waals surface area contributed by atoms with Crippen LogP contribution in [0.2, 0.25) is 0 Å². The van der Waals surface area contributed by atoms with E-state index in [1.165, 1.54) is 0 Å². The Morgan fingerprint density at radius 2 is 2.33 bits per heavy atom. The van der Waals surface area contributed by atoms with Crippen LogP contribution in [-0.4, -0.2) is 6.61 Å². The van der Waals surface area contributed by atoms with Crippen molar-refractivity contribution in [2.75, 3.05) is 12.3 Å². The maximum absolute atomic E-state index is 8.31. The molecule has 0 saturated carbocycles. The maximum atomic E-state index is 8.31. The van der Waals surface area contributed by atoms with E-state index in [1.54, 1.807) is 18.2 Å². The van der Waals surface area contributed by atoms with Gasteiger partial charge in [-0.25, -0.2) is 0 Å². The van der Waals surface area contributed by atoms with Crippen LogP contribution >= 0.6 is 0 Å². The van der Waals surface area contributed by atoms with E-state index in [0.29, 0.717) is 23.7 Å². The van der Waals surface area contributed by atoms with Gasteiger partial charge >= 0.3 is 0 Å². The molecular formula is C10H14N4O. The minimum absolute atomic E-state index is 0.409. The smallest absolute Gasteiger partial charge is 0.119 e. The van der Waals surface area contributed by atoms with E-state index in [1.807, 2.05) is 0 Å². The summed E-state index contributed by atoms with van der Waals surface area (Å²) in [6.45, 7) is 2.76. The molecule has 80 valence electrons. The Morgan fingerprint density at radius 1 is 1.53 bits per heavy atom. The van der Waals surface area contributed by atoms with Crippen LogP contribution < -0.4 is 10.5 Å². The number of benzene rings is 1. The Balaban J connectivity index is 2.73.